The van der Waals surface area contributed by atoms with Crippen LogP contribution in [0, 0.1) is 5.92 Å². The summed E-state index contributed by atoms with van der Waals surface area (Å²) in [5.74, 6) is 1.28. The van der Waals surface area contributed by atoms with Crippen molar-refractivity contribution in [1.82, 2.24) is 10.2 Å². The van der Waals surface area contributed by atoms with E-state index in [1.54, 1.807) is 0 Å². The number of nitrogens with one attached hydrogen (secondary N) is 1. The smallest absolute Gasteiger partial charge is 0.222 e. The van der Waals surface area contributed by atoms with Crippen molar-refractivity contribution >= 4 is 11.8 Å². The standard InChI is InChI=1S/C29H38N2O2/c32-28(18-9-19-29(33)31-22-10-16-25-15-7-8-17-27(25)31)30-21-20-26(23-11-3-1-4-12-23)24-13-5-2-6-14-24/h1-6,11-14,25-27H,7-10,15-22H2,(H,30,32). The summed E-state index contributed by atoms with van der Waals surface area (Å²) >= 11 is 0. The van der Waals surface area contributed by atoms with E-state index in [-0.39, 0.29) is 17.7 Å². The molecule has 1 aliphatic heterocycles. The molecule has 1 saturated carbocycles. The summed E-state index contributed by atoms with van der Waals surface area (Å²) in [6, 6.07) is 21.4. The van der Waals surface area contributed by atoms with Gasteiger partial charge in [-0.3, -0.25) is 9.59 Å². The molecule has 0 aromatic heterocycles. The van der Waals surface area contributed by atoms with Crippen molar-refractivity contribution in [3.63, 3.8) is 0 Å². The number of hydrogen-bond donors (Lipinski definition) is 1. The van der Waals surface area contributed by atoms with Gasteiger partial charge in [0.25, 0.3) is 0 Å². The van der Waals surface area contributed by atoms with Gasteiger partial charge in [0.2, 0.25) is 11.8 Å². The van der Waals surface area contributed by atoms with Crippen molar-refractivity contribution in [3.8, 4) is 0 Å². The summed E-state index contributed by atoms with van der Waals surface area (Å²) < 4.78 is 0. The Morgan fingerprint density at radius 1 is 0.848 bits per heavy atom. The molecular formula is C29H38N2O2. The third-order valence-corrected chi connectivity index (χ3v) is 7.52. The highest BCUT2D eigenvalue weighted by Crippen LogP contribution is 2.35. The largest absolute Gasteiger partial charge is 0.356 e. The molecule has 1 aliphatic carbocycles. The lowest BCUT2D eigenvalue weighted by Crippen LogP contribution is -2.49. The molecule has 1 saturated heterocycles. The Kier molecular flexibility index (Phi) is 8.57. The van der Waals surface area contributed by atoms with Gasteiger partial charge in [-0.05, 0) is 55.6 Å². The van der Waals surface area contributed by atoms with Gasteiger partial charge in [0, 0.05) is 37.9 Å². The molecule has 4 heteroatoms. The van der Waals surface area contributed by atoms with E-state index in [0.29, 0.717) is 37.8 Å². The fourth-order valence-corrected chi connectivity index (χ4v) is 5.82. The quantitative estimate of drug-likeness (QED) is 0.539. The van der Waals surface area contributed by atoms with Crippen LogP contribution in [0.1, 0.15) is 81.3 Å². The molecule has 33 heavy (non-hydrogen) atoms. The first-order chi connectivity index (χ1) is 16.2. The topological polar surface area (TPSA) is 49.4 Å². The lowest BCUT2D eigenvalue weighted by atomic mass is 9.78. The van der Waals surface area contributed by atoms with E-state index in [2.05, 4.69) is 58.7 Å². The van der Waals surface area contributed by atoms with Crippen molar-refractivity contribution in [2.24, 2.45) is 5.92 Å². The highest BCUT2D eigenvalue weighted by atomic mass is 16.2. The Morgan fingerprint density at radius 3 is 2.18 bits per heavy atom. The molecule has 1 N–H and O–H groups in total. The fraction of sp³-hybridized carbons (Fsp3) is 0.517. The van der Waals surface area contributed by atoms with Crippen LogP contribution in [0.25, 0.3) is 0 Å². The zero-order valence-corrected chi connectivity index (χ0v) is 19.8. The maximum atomic E-state index is 12.8. The van der Waals surface area contributed by atoms with Gasteiger partial charge in [-0.2, -0.15) is 0 Å². The van der Waals surface area contributed by atoms with E-state index in [1.807, 2.05) is 12.1 Å². The number of hydrogen-bond acceptors (Lipinski definition) is 2. The molecule has 2 aromatic rings. The van der Waals surface area contributed by atoms with Gasteiger partial charge in [-0.1, -0.05) is 73.5 Å². The average molecular weight is 447 g/mol. The first-order valence-electron chi connectivity index (χ1n) is 12.9. The molecule has 2 aromatic carbocycles. The number of benzene rings is 2. The lowest BCUT2D eigenvalue weighted by molar-refractivity contribution is -0.137. The number of fused-ring (bicyclic) bond motifs is 1. The zero-order chi connectivity index (χ0) is 22.9. The molecule has 2 aliphatic rings. The zero-order valence-electron chi connectivity index (χ0n) is 19.8. The Bertz CT molecular complexity index is 842. The second-order valence-electron chi connectivity index (χ2n) is 9.71. The van der Waals surface area contributed by atoms with Gasteiger partial charge in [0.05, 0.1) is 0 Å². The second kappa shape index (κ2) is 12.0. The van der Waals surface area contributed by atoms with Crippen LogP contribution in [-0.4, -0.2) is 35.8 Å². The molecule has 4 rings (SSSR count). The van der Waals surface area contributed by atoms with Crippen LogP contribution in [0.4, 0.5) is 0 Å². The SMILES string of the molecule is O=C(CCCC(=O)N1CCCC2CCCCC21)NCCC(c1ccccc1)c1ccccc1. The number of nitrogens with zero attached hydrogens (tertiary/aromatic N) is 1. The predicted octanol–water partition coefficient (Wildman–Crippen LogP) is 5.68. The molecule has 0 radical (unpaired) electrons. The summed E-state index contributed by atoms with van der Waals surface area (Å²) in [6.45, 7) is 1.55. The Labute approximate surface area is 198 Å². The van der Waals surface area contributed by atoms with Gasteiger partial charge in [-0.25, -0.2) is 0 Å². The Morgan fingerprint density at radius 2 is 1.48 bits per heavy atom. The third-order valence-electron chi connectivity index (χ3n) is 7.52. The number of carbonyl (C=O) groups is 2. The number of carbonyl (C=O) groups excluding carboxylic acids is 2. The van der Waals surface area contributed by atoms with E-state index < -0.39 is 0 Å². The minimum absolute atomic E-state index is 0.0526. The van der Waals surface area contributed by atoms with E-state index >= 15 is 0 Å². The first-order valence-corrected chi connectivity index (χ1v) is 12.9. The molecule has 176 valence electrons. The fourth-order valence-electron chi connectivity index (χ4n) is 5.82. The highest BCUT2D eigenvalue weighted by molar-refractivity contribution is 5.79. The van der Waals surface area contributed by atoms with Crippen LogP contribution in [0.5, 0.6) is 0 Å². The van der Waals surface area contributed by atoms with Crippen molar-refractivity contribution < 1.29 is 9.59 Å². The summed E-state index contributed by atoms with van der Waals surface area (Å²) in [7, 11) is 0. The monoisotopic (exact) mass is 446 g/mol. The first kappa shape index (κ1) is 23.5. The molecule has 2 unspecified atom stereocenters. The molecule has 1 heterocycles. The van der Waals surface area contributed by atoms with Crippen molar-refractivity contribution in [1.29, 1.82) is 0 Å². The molecule has 0 spiro atoms. The van der Waals surface area contributed by atoms with Crippen LogP contribution in [0.3, 0.4) is 0 Å². The molecule has 2 fully saturated rings. The molecule has 2 atom stereocenters. The normalized spacial score (nSPS) is 20.3. The lowest BCUT2D eigenvalue weighted by Gasteiger charge is -2.44. The summed E-state index contributed by atoms with van der Waals surface area (Å²) in [6.07, 6.45) is 9.85. The van der Waals surface area contributed by atoms with Crippen LogP contribution in [0.2, 0.25) is 0 Å². The summed E-state index contributed by atoms with van der Waals surface area (Å²) in [5.41, 5.74) is 2.54. The Balaban J connectivity index is 1.21. The third kappa shape index (κ3) is 6.46. The van der Waals surface area contributed by atoms with Gasteiger partial charge in [0.15, 0.2) is 0 Å². The summed E-state index contributed by atoms with van der Waals surface area (Å²) in [4.78, 5) is 27.4. The number of amides is 2. The van der Waals surface area contributed by atoms with E-state index in [1.165, 1.54) is 43.2 Å². The van der Waals surface area contributed by atoms with Gasteiger partial charge in [-0.15, -0.1) is 0 Å². The minimum Gasteiger partial charge on any atom is -0.356 e. The van der Waals surface area contributed by atoms with Crippen molar-refractivity contribution in [2.75, 3.05) is 13.1 Å². The summed E-state index contributed by atoms with van der Waals surface area (Å²) in [5, 5.41) is 3.09. The molecule has 2 amide bonds. The van der Waals surface area contributed by atoms with Crippen molar-refractivity contribution in [2.45, 2.75) is 76.2 Å². The average Bonchev–Trinajstić information content (AvgIpc) is 2.87. The predicted molar refractivity (Wildman–Crippen MR) is 133 cm³/mol. The van der Waals surface area contributed by atoms with Crippen LogP contribution < -0.4 is 5.32 Å². The van der Waals surface area contributed by atoms with E-state index in [4.69, 9.17) is 0 Å². The maximum Gasteiger partial charge on any atom is 0.222 e. The molecule has 0 bridgehead atoms. The number of piperidine rings is 1. The minimum atomic E-state index is 0.0526. The molecular weight excluding hydrogens is 408 g/mol. The van der Waals surface area contributed by atoms with Crippen molar-refractivity contribution in [3.05, 3.63) is 71.8 Å². The Hall–Kier alpha value is -2.62. The number of likely N-dealkylation sites (tertiary alicyclic amines) is 1. The van der Waals surface area contributed by atoms with Gasteiger partial charge >= 0.3 is 0 Å². The highest BCUT2D eigenvalue weighted by Gasteiger charge is 2.35. The van der Waals surface area contributed by atoms with Crippen LogP contribution in [0.15, 0.2) is 60.7 Å². The van der Waals surface area contributed by atoms with E-state index in [9.17, 15) is 9.59 Å². The number of rotatable bonds is 9. The molecule has 4 nitrogen and oxygen atoms in total. The van der Waals surface area contributed by atoms with Gasteiger partial charge in [0.1, 0.15) is 0 Å². The van der Waals surface area contributed by atoms with Crippen LogP contribution in [-0.2, 0) is 9.59 Å². The van der Waals surface area contributed by atoms with Crippen LogP contribution >= 0.6 is 0 Å². The second-order valence-corrected chi connectivity index (χ2v) is 9.71. The van der Waals surface area contributed by atoms with Gasteiger partial charge < -0.3 is 10.2 Å². The van der Waals surface area contributed by atoms with E-state index in [0.717, 1.165) is 19.4 Å². The maximum absolute atomic E-state index is 12.8.